The van der Waals surface area contributed by atoms with E-state index >= 15 is 0 Å². The molecule has 1 rings (SSSR count). The Balaban J connectivity index is 2.57. The maximum Gasteiger partial charge on any atom is 0.116 e. The molecule has 0 bridgehead atoms. The van der Waals surface area contributed by atoms with Crippen molar-refractivity contribution < 1.29 is 4.74 Å². The summed E-state index contributed by atoms with van der Waals surface area (Å²) < 4.78 is 6.69. The predicted octanol–water partition coefficient (Wildman–Crippen LogP) is 4.11. The van der Waals surface area contributed by atoms with Crippen LogP contribution in [0.1, 0.15) is 25.1 Å². The van der Waals surface area contributed by atoms with Crippen molar-refractivity contribution in [2.75, 3.05) is 0 Å². The maximum absolute atomic E-state index is 5.64. The van der Waals surface area contributed by atoms with Crippen LogP contribution in [0, 0.1) is 6.92 Å². The highest BCUT2D eigenvalue weighted by molar-refractivity contribution is 9.11. The quantitative estimate of drug-likeness (QED) is 0.612. The molecule has 0 unspecified atom stereocenters. The van der Waals surface area contributed by atoms with Crippen LogP contribution in [0.2, 0.25) is 0 Å². The van der Waals surface area contributed by atoms with Crippen LogP contribution in [0.5, 0.6) is 0 Å². The normalized spacial score (nSPS) is 12.8. The average molecular weight is 282 g/mol. The van der Waals surface area contributed by atoms with Crippen LogP contribution in [-0.2, 0) is 11.3 Å². The maximum atomic E-state index is 5.64. The fraction of sp³-hybridized carbons (Fsp3) is 0.308. The van der Waals surface area contributed by atoms with Crippen molar-refractivity contribution in [1.82, 2.24) is 4.98 Å². The lowest BCUT2D eigenvalue weighted by atomic mass is 10.3. The van der Waals surface area contributed by atoms with E-state index in [4.69, 9.17) is 4.74 Å². The second-order valence-electron chi connectivity index (χ2n) is 3.52. The van der Waals surface area contributed by atoms with Crippen molar-refractivity contribution in [2.24, 2.45) is 0 Å². The molecule has 2 nitrogen and oxygen atoms in total. The number of ether oxygens (including phenoxy) is 1. The Morgan fingerprint density at radius 2 is 2.25 bits per heavy atom. The molecule has 0 aliphatic heterocycles. The first kappa shape index (κ1) is 13.0. The Morgan fingerprint density at radius 1 is 1.50 bits per heavy atom. The van der Waals surface area contributed by atoms with Crippen LogP contribution < -0.4 is 0 Å². The van der Waals surface area contributed by atoms with Gasteiger partial charge >= 0.3 is 0 Å². The summed E-state index contributed by atoms with van der Waals surface area (Å²) in [6.07, 6.45) is 5.72. The van der Waals surface area contributed by atoms with Gasteiger partial charge in [0.25, 0.3) is 0 Å². The highest BCUT2D eigenvalue weighted by Crippen LogP contribution is 2.11. The van der Waals surface area contributed by atoms with Gasteiger partial charge in [-0.05, 0) is 43.5 Å². The number of allylic oxidation sites excluding steroid dienone is 3. The third-order valence-electron chi connectivity index (χ3n) is 2.00. The second kappa shape index (κ2) is 6.48. The summed E-state index contributed by atoms with van der Waals surface area (Å²) in [5.41, 5.74) is 2.09. The summed E-state index contributed by atoms with van der Waals surface area (Å²) in [7, 11) is 0. The zero-order valence-corrected chi connectivity index (χ0v) is 11.4. The van der Waals surface area contributed by atoms with Gasteiger partial charge in [0, 0.05) is 17.5 Å². The molecule has 0 N–H and O–H groups in total. The predicted molar refractivity (Wildman–Crippen MR) is 70.2 cm³/mol. The lowest BCUT2D eigenvalue weighted by Gasteiger charge is -2.07. The largest absolute Gasteiger partial charge is 0.489 e. The van der Waals surface area contributed by atoms with E-state index in [1.54, 1.807) is 0 Å². The van der Waals surface area contributed by atoms with Crippen molar-refractivity contribution >= 4 is 15.9 Å². The van der Waals surface area contributed by atoms with Crippen molar-refractivity contribution in [1.29, 1.82) is 0 Å². The van der Waals surface area contributed by atoms with Gasteiger partial charge in [0.15, 0.2) is 0 Å². The minimum Gasteiger partial charge on any atom is -0.489 e. The highest BCUT2D eigenvalue weighted by atomic mass is 79.9. The molecule has 1 aromatic heterocycles. The molecular formula is C13H16BrNO. The Bertz CT molecular complexity index is 389. The van der Waals surface area contributed by atoms with Gasteiger partial charge in [-0.2, -0.15) is 0 Å². The molecule has 0 aliphatic rings. The van der Waals surface area contributed by atoms with E-state index in [1.165, 1.54) is 0 Å². The number of halogens is 1. The summed E-state index contributed by atoms with van der Waals surface area (Å²) in [5.74, 6) is 0.856. The summed E-state index contributed by atoms with van der Waals surface area (Å²) in [6, 6.07) is 4.01. The Hall–Kier alpha value is -1.09. The van der Waals surface area contributed by atoms with Crippen LogP contribution in [0.4, 0.5) is 0 Å². The molecule has 16 heavy (non-hydrogen) atoms. The number of hydrogen-bond acceptors (Lipinski definition) is 2. The minimum atomic E-state index is 0.545. The van der Waals surface area contributed by atoms with Crippen molar-refractivity contribution in [3.8, 4) is 0 Å². The molecule has 0 spiro atoms. The van der Waals surface area contributed by atoms with Crippen LogP contribution in [-0.4, -0.2) is 4.98 Å². The summed E-state index contributed by atoms with van der Waals surface area (Å²) in [4.78, 5) is 4.22. The summed E-state index contributed by atoms with van der Waals surface area (Å²) in [6.45, 7) is 6.44. The van der Waals surface area contributed by atoms with E-state index in [1.807, 2.05) is 51.3 Å². The fourth-order valence-corrected chi connectivity index (χ4v) is 1.38. The van der Waals surface area contributed by atoms with Gasteiger partial charge in [0.2, 0.25) is 0 Å². The van der Waals surface area contributed by atoms with E-state index in [-0.39, 0.29) is 0 Å². The average Bonchev–Trinajstić information content (AvgIpc) is 2.26. The van der Waals surface area contributed by atoms with Gasteiger partial charge in [0.1, 0.15) is 12.4 Å². The van der Waals surface area contributed by atoms with Crippen molar-refractivity contribution in [3.05, 3.63) is 52.0 Å². The standard InChI is InChI=1S/C13H16BrNO/c1-4-13(7-10(2)14)16-9-12-6-5-11(3)15-8-12/h4-8H,9H2,1-3H3. The van der Waals surface area contributed by atoms with Gasteiger partial charge in [-0.25, -0.2) is 0 Å². The third kappa shape index (κ3) is 4.62. The lowest BCUT2D eigenvalue weighted by Crippen LogP contribution is -1.93. The number of aryl methyl sites for hydroxylation is 1. The van der Waals surface area contributed by atoms with Crippen LogP contribution >= 0.6 is 15.9 Å². The molecule has 0 saturated heterocycles. The first-order valence-corrected chi connectivity index (χ1v) is 5.95. The first-order valence-electron chi connectivity index (χ1n) is 5.16. The van der Waals surface area contributed by atoms with Gasteiger partial charge in [-0.1, -0.05) is 22.0 Å². The number of hydrogen-bond donors (Lipinski definition) is 0. The van der Waals surface area contributed by atoms with Crippen LogP contribution in [0.15, 0.2) is 40.7 Å². The molecule has 0 aromatic carbocycles. The van der Waals surface area contributed by atoms with E-state index in [0.29, 0.717) is 6.61 Å². The lowest BCUT2D eigenvalue weighted by molar-refractivity contribution is 0.210. The number of nitrogens with zero attached hydrogens (tertiary/aromatic N) is 1. The molecule has 0 amide bonds. The number of pyridine rings is 1. The summed E-state index contributed by atoms with van der Waals surface area (Å²) >= 11 is 3.38. The Morgan fingerprint density at radius 3 is 2.75 bits per heavy atom. The molecule has 1 aromatic rings. The van der Waals surface area contributed by atoms with E-state index in [2.05, 4.69) is 20.9 Å². The zero-order chi connectivity index (χ0) is 12.0. The Kier molecular flexibility index (Phi) is 5.26. The monoisotopic (exact) mass is 281 g/mol. The van der Waals surface area contributed by atoms with Crippen LogP contribution in [0.3, 0.4) is 0 Å². The summed E-state index contributed by atoms with van der Waals surface area (Å²) in [5, 5.41) is 0. The second-order valence-corrected chi connectivity index (χ2v) is 4.77. The molecule has 0 saturated carbocycles. The Labute approximate surface area is 105 Å². The SMILES string of the molecule is CC=C(C=C(C)Br)OCc1ccc(C)nc1. The number of aromatic nitrogens is 1. The van der Waals surface area contributed by atoms with Gasteiger partial charge in [-0.15, -0.1) is 0 Å². The zero-order valence-electron chi connectivity index (χ0n) is 9.83. The smallest absolute Gasteiger partial charge is 0.116 e. The van der Waals surface area contributed by atoms with E-state index in [0.717, 1.165) is 21.5 Å². The third-order valence-corrected chi connectivity index (χ3v) is 2.23. The molecule has 0 radical (unpaired) electrons. The molecule has 0 atom stereocenters. The molecular weight excluding hydrogens is 266 g/mol. The minimum absolute atomic E-state index is 0.545. The fourth-order valence-electron chi connectivity index (χ4n) is 1.15. The molecule has 0 aliphatic carbocycles. The van der Waals surface area contributed by atoms with Crippen LogP contribution in [0.25, 0.3) is 0 Å². The highest BCUT2D eigenvalue weighted by Gasteiger charge is 1.96. The van der Waals surface area contributed by atoms with Crippen molar-refractivity contribution in [3.63, 3.8) is 0 Å². The molecule has 1 heterocycles. The molecule has 0 fully saturated rings. The van der Waals surface area contributed by atoms with E-state index < -0.39 is 0 Å². The topological polar surface area (TPSA) is 22.1 Å². The molecule has 3 heteroatoms. The van der Waals surface area contributed by atoms with Crippen molar-refractivity contribution in [2.45, 2.75) is 27.4 Å². The van der Waals surface area contributed by atoms with Gasteiger partial charge in [-0.3, -0.25) is 4.98 Å². The van der Waals surface area contributed by atoms with Gasteiger partial charge in [0.05, 0.1) is 0 Å². The number of rotatable bonds is 4. The molecule has 86 valence electrons. The van der Waals surface area contributed by atoms with E-state index in [9.17, 15) is 0 Å². The van der Waals surface area contributed by atoms with Gasteiger partial charge < -0.3 is 4.74 Å². The first-order chi connectivity index (χ1) is 7.61.